The third-order valence-electron chi connectivity index (χ3n) is 2.59. The van der Waals surface area contributed by atoms with E-state index in [2.05, 4.69) is 24.4 Å². The van der Waals surface area contributed by atoms with Gasteiger partial charge < -0.3 is 11.1 Å². The molecule has 1 rings (SSSR count). The first kappa shape index (κ1) is 12.7. The van der Waals surface area contributed by atoms with Gasteiger partial charge in [0, 0.05) is 13.1 Å². The average Bonchev–Trinajstić information content (AvgIpc) is 2.30. The van der Waals surface area contributed by atoms with E-state index >= 15 is 0 Å². The van der Waals surface area contributed by atoms with Gasteiger partial charge in [0.2, 0.25) is 0 Å². The molecule has 0 aliphatic heterocycles. The zero-order chi connectivity index (χ0) is 11.8. The Bertz CT molecular complexity index is 366. The van der Waals surface area contributed by atoms with Crippen LogP contribution in [-0.4, -0.2) is 19.6 Å². The summed E-state index contributed by atoms with van der Waals surface area (Å²) in [5.74, 6) is 0. The van der Waals surface area contributed by atoms with Gasteiger partial charge in [0.15, 0.2) is 0 Å². The van der Waals surface area contributed by atoms with E-state index in [0.29, 0.717) is 6.54 Å². The molecule has 3 N–H and O–H groups in total. The van der Waals surface area contributed by atoms with Crippen molar-refractivity contribution in [2.75, 3.05) is 19.6 Å². The van der Waals surface area contributed by atoms with Crippen molar-refractivity contribution in [2.45, 2.75) is 19.8 Å². The molecule has 0 radical (unpaired) electrons. The van der Waals surface area contributed by atoms with Crippen LogP contribution in [0, 0.1) is 18.3 Å². The molecule has 0 aliphatic rings. The fourth-order valence-electron chi connectivity index (χ4n) is 1.68. The van der Waals surface area contributed by atoms with Crippen molar-refractivity contribution in [2.24, 2.45) is 5.73 Å². The number of nitrogens with one attached hydrogen (secondary N) is 1. The van der Waals surface area contributed by atoms with Gasteiger partial charge in [-0.1, -0.05) is 6.07 Å². The van der Waals surface area contributed by atoms with Crippen LogP contribution < -0.4 is 11.1 Å². The minimum absolute atomic E-state index is 0.690. The summed E-state index contributed by atoms with van der Waals surface area (Å²) in [5.41, 5.74) is 8.66. The number of nitrogens with zero attached hydrogens (tertiary/aromatic N) is 1. The quantitative estimate of drug-likeness (QED) is 0.707. The third-order valence-corrected chi connectivity index (χ3v) is 2.59. The Hall–Kier alpha value is -1.37. The molecule has 0 aromatic heterocycles. The molecular formula is C13H19N3. The summed E-state index contributed by atoms with van der Waals surface area (Å²) in [4.78, 5) is 0. The number of rotatable bonds is 6. The number of aryl methyl sites for hydroxylation is 2. The standard InChI is InChI=1S/C13H19N3/c1-11-9-12(10-15)4-5-13(11)3-2-7-16-8-6-14/h4-5,9,16H,2-3,6-8,14H2,1H3. The van der Waals surface area contributed by atoms with Crippen LogP contribution in [0.5, 0.6) is 0 Å². The molecule has 0 fully saturated rings. The minimum atomic E-state index is 0.690. The molecule has 0 amide bonds. The Morgan fingerprint density at radius 2 is 2.19 bits per heavy atom. The first-order chi connectivity index (χ1) is 7.77. The number of benzene rings is 1. The molecule has 0 unspecified atom stereocenters. The highest BCUT2D eigenvalue weighted by Crippen LogP contribution is 2.12. The molecule has 0 saturated carbocycles. The van der Waals surface area contributed by atoms with Crippen molar-refractivity contribution in [1.82, 2.24) is 5.32 Å². The van der Waals surface area contributed by atoms with Crippen molar-refractivity contribution in [3.63, 3.8) is 0 Å². The average molecular weight is 217 g/mol. The molecule has 0 saturated heterocycles. The number of nitriles is 1. The Morgan fingerprint density at radius 1 is 1.38 bits per heavy atom. The smallest absolute Gasteiger partial charge is 0.0991 e. The number of hydrogen-bond donors (Lipinski definition) is 2. The van der Waals surface area contributed by atoms with Gasteiger partial charge in [-0.3, -0.25) is 0 Å². The molecule has 3 heteroatoms. The van der Waals surface area contributed by atoms with Crippen LogP contribution in [0.25, 0.3) is 0 Å². The summed E-state index contributed by atoms with van der Waals surface area (Å²) in [7, 11) is 0. The summed E-state index contributed by atoms with van der Waals surface area (Å²) in [6, 6.07) is 8.04. The van der Waals surface area contributed by atoms with E-state index in [1.807, 2.05) is 12.1 Å². The number of nitrogens with two attached hydrogens (primary N) is 1. The SMILES string of the molecule is Cc1cc(C#N)ccc1CCCNCCN. The second-order valence-corrected chi connectivity index (χ2v) is 3.90. The van der Waals surface area contributed by atoms with Gasteiger partial charge in [-0.05, 0) is 49.6 Å². The van der Waals surface area contributed by atoms with E-state index < -0.39 is 0 Å². The zero-order valence-corrected chi connectivity index (χ0v) is 9.79. The van der Waals surface area contributed by atoms with Crippen molar-refractivity contribution in [3.8, 4) is 6.07 Å². The van der Waals surface area contributed by atoms with Crippen LogP contribution >= 0.6 is 0 Å². The molecular weight excluding hydrogens is 198 g/mol. The van der Waals surface area contributed by atoms with Gasteiger partial charge >= 0.3 is 0 Å². The first-order valence-electron chi connectivity index (χ1n) is 5.68. The maximum atomic E-state index is 8.75. The van der Waals surface area contributed by atoms with E-state index in [1.54, 1.807) is 0 Å². The van der Waals surface area contributed by atoms with Crippen LogP contribution in [0.4, 0.5) is 0 Å². The highest BCUT2D eigenvalue weighted by molar-refractivity contribution is 5.37. The summed E-state index contributed by atoms with van der Waals surface area (Å²) in [6.07, 6.45) is 2.15. The molecule has 1 aromatic rings. The zero-order valence-electron chi connectivity index (χ0n) is 9.79. The molecule has 3 nitrogen and oxygen atoms in total. The largest absolute Gasteiger partial charge is 0.329 e. The minimum Gasteiger partial charge on any atom is -0.329 e. The van der Waals surface area contributed by atoms with Gasteiger partial charge in [0.25, 0.3) is 0 Å². The summed E-state index contributed by atoms with van der Waals surface area (Å²) < 4.78 is 0. The lowest BCUT2D eigenvalue weighted by atomic mass is 10.0. The fourth-order valence-corrected chi connectivity index (χ4v) is 1.68. The summed E-state index contributed by atoms with van der Waals surface area (Å²) in [6.45, 7) is 4.63. The van der Waals surface area contributed by atoms with Crippen LogP contribution in [-0.2, 0) is 6.42 Å². The van der Waals surface area contributed by atoms with E-state index in [9.17, 15) is 0 Å². The van der Waals surface area contributed by atoms with Crippen molar-refractivity contribution >= 4 is 0 Å². The molecule has 1 aromatic carbocycles. The molecule has 0 bridgehead atoms. The van der Waals surface area contributed by atoms with Crippen LogP contribution in [0.1, 0.15) is 23.1 Å². The van der Waals surface area contributed by atoms with Crippen LogP contribution in [0.3, 0.4) is 0 Å². The van der Waals surface area contributed by atoms with Gasteiger partial charge in [-0.25, -0.2) is 0 Å². The highest BCUT2D eigenvalue weighted by atomic mass is 14.9. The Kier molecular flexibility index (Phi) is 5.55. The molecule has 0 atom stereocenters. The van der Waals surface area contributed by atoms with Gasteiger partial charge in [-0.15, -0.1) is 0 Å². The molecule has 0 heterocycles. The predicted octanol–water partition coefficient (Wildman–Crippen LogP) is 1.35. The Labute approximate surface area is 97.3 Å². The topological polar surface area (TPSA) is 61.8 Å². The maximum absolute atomic E-state index is 8.75. The van der Waals surface area contributed by atoms with Crippen molar-refractivity contribution < 1.29 is 0 Å². The van der Waals surface area contributed by atoms with Gasteiger partial charge in [-0.2, -0.15) is 5.26 Å². The van der Waals surface area contributed by atoms with Gasteiger partial charge in [0.05, 0.1) is 11.6 Å². The summed E-state index contributed by atoms with van der Waals surface area (Å²) in [5, 5.41) is 12.0. The third kappa shape index (κ3) is 4.01. The highest BCUT2D eigenvalue weighted by Gasteiger charge is 1.99. The second kappa shape index (κ2) is 7.00. The lowest BCUT2D eigenvalue weighted by Gasteiger charge is -2.06. The van der Waals surface area contributed by atoms with Crippen LogP contribution in [0.2, 0.25) is 0 Å². The molecule has 0 spiro atoms. The first-order valence-corrected chi connectivity index (χ1v) is 5.68. The van der Waals surface area contributed by atoms with Gasteiger partial charge in [0.1, 0.15) is 0 Å². The maximum Gasteiger partial charge on any atom is 0.0991 e. The van der Waals surface area contributed by atoms with E-state index in [4.69, 9.17) is 11.0 Å². The van der Waals surface area contributed by atoms with E-state index in [1.165, 1.54) is 11.1 Å². The Balaban J connectivity index is 2.40. The molecule has 0 aliphatic carbocycles. The molecule has 16 heavy (non-hydrogen) atoms. The molecule has 86 valence electrons. The van der Waals surface area contributed by atoms with Crippen molar-refractivity contribution in [1.29, 1.82) is 5.26 Å². The van der Waals surface area contributed by atoms with E-state index in [0.717, 1.165) is 31.5 Å². The van der Waals surface area contributed by atoms with E-state index in [-0.39, 0.29) is 0 Å². The lowest BCUT2D eigenvalue weighted by molar-refractivity contribution is 0.652. The summed E-state index contributed by atoms with van der Waals surface area (Å²) >= 11 is 0. The monoisotopic (exact) mass is 217 g/mol. The lowest BCUT2D eigenvalue weighted by Crippen LogP contribution is -2.23. The van der Waals surface area contributed by atoms with Crippen LogP contribution in [0.15, 0.2) is 18.2 Å². The Morgan fingerprint density at radius 3 is 2.81 bits per heavy atom. The predicted molar refractivity (Wildman–Crippen MR) is 66.1 cm³/mol. The fraction of sp³-hybridized carbons (Fsp3) is 0.462. The van der Waals surface area contributed by atoms with Crippen molar-refractivity contribution in [3.05, 3.63) is 34.9 Å². The second-order valence-electron chi connectivity index (χ2n) is 3.90. The number of hydrogen-bond acceptors (Lipinski definition) is 3. The normalized spacial score (nSPS) is 10.1.